The molecule has 41 heavy (non-hydrogen) atoms. The first kappa shape index (κ1) is 29.8. The molecule has 0 fully saturated rings. The predicted molar refractivity (Wildman–Crippen MR) is 162 cm³/mol. The average molecular weight is 554 g/mol. The van der Waals surface area contributed by atoms with Crippen LogP contribution in [0.3, 0.4) is 0 Å². The van der Waals surface area contributed by atoms with Crippen molar-refractivity contribution in [2.24, 2.45) is 0 Å². The third-order valence-corrected chi connectivity index (χ3v) is 7.24. The van der Waals surface area contributed by atoms with E-state index in [0.29, 0.717) is 31.7 Å². The number of halogens is 1. The zero-order valence-electron chi connectivity index (χ0n) is 24.1. The quantitative estimate of drug-likeness (QED) is 0.167. The maximum absolute atomic E-state index is 13.9. The lowest BCUT2D eigenvalue weighted by Gasteiger charge is -2.28. The predicted octanol–water partition coefficient (Wildman–Crippen LogP) is 7.10. The van der Waals surface area contributed by atoms with E-state index in [1.165, 1.54) is 17.7 Å². The Morgan fingerprint density at radius 1 is 0.732 bits per heavy atom. The van der Waals surface area contributed by atoms with E-state index in [4.69, 9.17) is 0 Å². The van der Waals surface area contributed by atoms with Crippen molar-refractivity contribution in [3.8, 4) is 0 Å². The Morgan fingerprint density at radius 2 is 1.44 bits per heavy atom. The molecule has 3 aromatic carbocycles. The molecule has 1 heterocycles. The van der Waals surface area contributed by atoms with Gasteiger partial charge in [-0.15, -0.1) is 0 Å². The van der Waals surface area contributed by atoms with Gasteiger partial charge in [0.05, 0.1) is 6.54 Å². The van der Waals surface area contributed by atoms with Crippen LogP contribution < -0.4 is 0 Å². The summed E-state index contributed by atoms with van der Waals surface area (Å²) < 4.78 is 15.5. The second kappa shape index (κ2) is 15.0. The van der Waals surface area contributed by atoms with E-state index in [1.54, 1.807) is 17.0 Å². The van der Waals surface area contributed by atoms with Crippen LogP contribution in [0.2, 0.25) is 0 Å². The molecule has 2 amide bonds. The van der Waals surface area contributed by atoms with Gasteiger partial charge in [-0.25, -0.2) is 4.39 Å². The number of carbonyl (C=O) groups is 2. The molecule has 0 atom stereocenters. The zero-order chi connectivity index (χ0) is 29.0. The van der Waals surface area contributed by atoms with Crippen LogP contribution in [0.15, 0.2) is 97.2 Å². The molecular weight excluding hydrogens is 513 g/mol. The number of hydrogen-bond donors (Lipinski definition) is 0. The molecule has 4 rings (SSSR count). The van der Waals surface area contributed by atoms with Crippen LogP contribution in [0.5, 0.6) is 0 Å². The van der Waals surface area contributed by atoms with Crippen molar-refractivity contribution in [3.63, 3.8) is 0 Å². The first-order valence-electron chi connectivity index (χ1n) is 14.5. The molecule has 0 aliphatic heterocycles. The highest BCUT2D eigenvalue weighted by Crippen LogP contribution is 2.16. The Morgan fingerprint density at radius 3 is 2.12 bits per heavy atom. The highest BCUT2D eigenvalue weighted by atomic mass is 19.1. The lowest BCUT2D eigenvalue weighted by Crippen LogP contribution is -2.43. The first-order valence-corrected chi connectivity index (χ1v) is 14.5. The van der Waals surface area contributed by atoms with E-state index in [9.17, 15) is 14.0 Å². The monoisotopic (exact) mass is 553 g/mol. The van der Waals surface area contributed by atoms with Gasteiger partial charge in [0.15, 0.2) is 0 Å². The Kier molecular flexibility index (Phi) is 10.9. The average Bonchev–Trinajstić information content (AvgIpc) is 3.43. The molecule has 0 aliphatic rings. The van der Waals surface area contributed by atoms with Gasteiger partial charge in [-0.05, 0) is 72.4 Å². The highest BCUT2D eigenvalue weighted by Gasteiger charge is 2.23. The van der Waals surface area contributed by atoms with Gasteiger partial charge in [0, 0.05) is 37.1 Å². The number of rotatable bonds is 14. The molecule has 0 saturated carbocycles. The summed E-state index contributed by atoms with van der Waals surface area (Å²) in [6.07, 6.45) is 5.98. The second-order valence-electron chi connectivity index (χ2n) is 10.5. The van der Waals surface area contributed by atoms with Gasteiger partial charge in [-0.2, -0.15) is 0 Å². The van der Waals surface area contributed by atoms with E-state index in [-0.39, 0.29) is 24.2 Å². The number of aromatic nitrogens is 1. The number of nitrogens with zero attached hydrogens (tertiary/aromatic N) is 3. The SMILES string of the molecule is CCCCc1ccc(C(=O)N(CCC)CC(=O)N(Cc2ccccc2)Cc2cccn2Cc2ccc(F)cc2)cc1. The van der Waals surface area contributed by atoms with Crippen molar-refractivity contribution in [2.45, 2.75) is 59.2 Å². The molecule has 4 aromatic rings. The van der Waals surface area contributed by atoms with E-state index in [2.05, 4.69) is 11.5 Å². The molecule has 0 unspecified atom stereocenters. The maximum Gasteiger partial charge on any atom is 0.254 e. The van der Waals surface area contributed by atoms with Crippen molar-refractivity contribution in [3.05, 3.63) is 131 Å². The van der Waals surface area contributed by atoms with Crippen LogP contribution in [0.25, 0.3) is 0 Å². The highest BCUT2D eigenvalue weighted by molar-refractivity contribution is 5.96. The summed E-state index contributed by atoms with van der Waals surface area (Å²) in [5.74, 6) is -0.494. The fourth-order valence-electron chi connectivity index (χ4n) is 4.93. The molecule has 6 heteroatoms. The summed E-state index contributed by atoms with van der Waals surface area (Å²) in [5.41, 5.74) is 4.79. The molecule has 0 bridgehead atoms. The Bertz CT molecular complexity index is 1380. The van der Waals surface area contributed by atoms with Crippen LogP contribution in [0.4, 0.5) is 4.39 Å². The molecule has 214 valence electrons. The van der Waals surface area contributed by atoms with Gasteiger partial charge >= 0.3 is 0 Å². The molecule has 0 aliphatic carbocycles. The van der Waals surface area contributed by atoms with E-state index >= 15 is 0 Å². The Labute approximate surface area is 243 Å². The summed E-state index contributed by atoms with van der Waals surface area (Å²) in [4.78, 5) is 30.8. The summed E-state index contributed by atoms with van der Waals surface area (Å²) in [6.45, 7) is 6.09. The van der Waals surface area contributed by atoms with Gasteiger partial charge in [-0.1, -0.05) is 74.9 Å². The summed E-state index contributed by atoms with van der Waals surface area (Å²) in [7, 11) is 0. The van der Waals surface area contributed by atoms with E-state index in [1.807, 2.05) is 84.8 Å². The topological polar surface area (TPSA) is 45.6 Å². The fraction of sp³-hybridized carbons (Fsp3) is 0.314. The molecule has 0 saturated heterocycles. The number of amides is 2. The standard InChI is InChI=1S/C35H40FN3O2/c1-3-5-10-28-14-18-31(19-15-28)35(41)38(22-4-2)27-34(40)39(25-29-11-7-6-8-12-29)26-33-13-9-23-37(33)24-30-16-20-32(36)21-17-30/h6-9,11-21,23H,3-5,10,22,24-27H2,1-2H3. The van der Waals surface area contributed by atoms with Crippen LogP contribution in [-0.4, -0.2) is 39.3 Å². The van der Waals surface area contributed by atoms with Crippen molar-refractivity contribution in [1.29, 1.82) is 0 Å². The zero-order valence-corrected chi connectivity index (χ0v) is 24.1. The normalized spacial score (nSPS) is 10.9. The number of aryl methyl sites for hydroxylation is 1. The number of hydrogen-bond acceptors (Lipinski definition) is 2. The second-order valence-corrected chi connectivity index (χ2v) is 10.5. The maximum atomic E-state index is 13.9. The smallest absolute Gasteiger partial charge is 0.254 e. The molecule has 0 radical (unpaired) electrons. The van der Waals surface area contributed by atoms with Crippen LogP contribution in [0, 0.1) is 5.82 Å². The van der Waals surface area contributed by atoms with Crippen LogP contribution in [-0.2, 0) is 30.8 Å². The van der Waals surface area contributed by atoms with E-state index < -0.39 is 0 Å². The van der Waals surface area contributed by atoms with Gasteiger partial charge in [0.25, 0.3) is 5.91 Å². The van der Waals surface area contributed by atoms with E-state index in [0.717, 1.165) is 42.5 Å². The molecule has 0 spiro atoms. The number of unbranched alkanes of at least 4 members (excludes halogenated alkanes) is 1. The van der Waals surface area contributed by atoms with Crippen LogP contribution >= 0.6 is 0 Å². The minimum atomic E-state index is -0.264. The third-order valence-electron chi connectivity index (χ3n) is 7.24. The minimum absolute atomic E-state index is 0.00969. The van der Waals surface area contributed by atoms with Crippen molar-refractivity contribution in [1.82, 2.24) is 14.4 Å². The number of benzene rings is 3. The van der Waals surface area contributed by atoms with Gasteiger partial charge in [0.2, 0.25) is 5.91 Å². The molecule has 0 N–H and O–H groups in total. The van der Waals surface area contributed by atoms with Crippen molar-refractivity contribution in [2.75, 3.05) is 13.1 Å². The Balaban J connectivity index is 1.52. The van der Waals surface area contributed by atoms with Crippen molar-refractivity contribution < 1.29 is 14.0 Å². The largest absolute Gasteiger partial charge is 0.345 e. The van der Waals surface area contributed by atoms with Gasteiger partial charge in [0.1, 0.15) is 12.4 Å². The molecular formula is C35H40FN3O2. The summed E-state index contributed by atoms with van der Waals surface area (Å²) in [5, 5.41) is 0. The summed E-state index contributed by atoms with van der Waals surface area (Å²) >= 11 is 0. The Hall–Kier alpha value is -4.19. The number of carbonyl (C=O) groups excluding carboxylic acids is 2. The lowest BCUT2D eigenvalue weighted by atomic mass is 10.1. The molecule has 5 nitrogen and oxygen atoms in total. The lowest BCUT2D eigenvalue weighted by molar-refractivity contribution is -0.133. The summed E-state index contributed by atoms with van der Waals surface area (Å²) in [6, 6.07) is 28.1. The third kappa shape index (κ3) is 8.65. The molecule has 1 aromatic heterocycles. The first-order chi connectivity index (χ1) is 20.0. The minimum Gasteiger partial charge on any atom is -0.345 e. The fourth-order valence-corrected chi connectivity index (χ4v) is 4.93. The van der Waals surface area contributed by atoms with Crippen LogP contribution in [0.1, 0.15) is 65.9 Å². The van der Waals surface area contributed by atoms with Crippen molar-refractivity contribution >= 4 is 11.8 Å². The van der Waals surface area contributed by atoms with Gasteiger partial charge < -0.3 is 14.4 Å². The van der Waals surface area contributed by atoms with Gasteiger partial charge in [-0.3, -0.25) is 9.59 Å².